The number of hydrogen-bond acceptors (Lipinski definition) is 6. The molecule has 1 aromatic rings. The number of para-hydroxylation sites is 1. The van der Waals surface area contributed by atoms with Gasteiger partial charge in [-0.15, -0.1) is 0 Å². The summed E-state index contributed by atoms with van der Waals surface area (Å²) >= 11 is 0. The fraction of sp³-hybridized carbons (Fsp3) is 0.467. The molecule has 2 aliphatic heterocycles. The number of benzene rings is 1. The van der Waals surface area contributed by atoms with Crippen LogP contribution in [0.1, 0.15) is 0 Å². The lowest BCUT2D eigenvalue weighted by Crippen LogP contribution is -2.65. The first-order chi connectivity index (χ1) is 11.5. The highest BCUT2D eigenvalue weighted by molar-refractivity contribution is 5.98. The summed E-state index contributed by atoms with van der Waals surface area (Å²) in [5.74, 6) is -0.978. The first-order valence-electron chi connectivity index (χ1n) is 7.83. The molecule has 9 heteroatoms. The van der Waals surface area contributed by atoms with Gasteiger partial charge >= 0.3 is 6.03 Å². The first kappa shape index (κ1) is 16.6. The van der Waals surface area contributed by atoms with Crippen molar-refractivity contribution in [3.63, 3.8) is 0 Å². The largest absolute Gasteiger partial charge is 0.369 e. The van der Waals surface area contributed by atoms with E-state index >= 15 is 0 Å². The molecule has 1 aromatic carbocycles. The minimum Gasteiger partial charge on any atom is -0.369 e. The molecule has 3 amide bonds. The summed E-state index contributed by atoms with van der Waals surface area (Å²) in [6.45, 7) is 3.79. The van der Waals surface area contributed by atoms with Crippen molar-refractivity contribution >= 4 is 17.6 Å². The Bertz CT molecular complexity index is 621. The number of aliphatic hydroxyl groups excluding tert-OH is 1. The van der Waals surface area contributed by atoms with Gasteiger partial charge in [0.2, 0.25) is 6.23 Å². The molecule has 0 aliphatic carbocycles. The summed E-state index contributed by atoms with van der Waals surface area (Å²) in [4.78, 5) is 26.9. The molecule has 0 radical (unpaired) electrons. The van der Waals surface area contributed by atoms with Crippen LogP contribution >= 0.6 is 0 Å². The van der Waals surface area contributed by atoms with E-state index in [0.29, 0.717) is 31.9 Å². The van der Waals surface area contributed by atoms with Crippen LogP contribution in [0.3, 0.4) is 0 Å². The fourth-order valence-electron chi connectivity index (χ4n) is 2.83. The molecule has 0 spiro atoms. The first-order valence-corrected chi connectivity index (χ1v) is 7.83. The second-order valence-electron chi connectivity index (χ2n) is 5.76. The number of halogens is 1. The van der Waals surface area contributed by atoms with Gasteiger partial charge in [-0.1, -0.05) is 12.1 Å². The van der Waals surface area contributed by atoms with Crippen molar-refractivity contribution in [2.75, 3.05) is 44.2 Å². The predicted octanol–water partition coefficient (Wildman–Crippen LogP) is -0.677. The number of rotatable bonds is 4. The van der Waals surface area contributed by atoms with Crippen molar-refractivity contribution in [3.8, 4) is 0 Å². The number of amides is 3. The Morgan fingerprint density at radius 2 is 1.83 bits per heavy atom. The molecule has 1 unspecified atom stereocenters. The summed E-state index contributed by atoms with van der Waals surface area (Å²) < 4.78 is 13.8. The van der Waals surface area contributed by atoms with Crippen molar-refractivity contribution in [2.45, 2.75) is 6.23 Å². The Morgan fingerprint density at radius 3 is 2.54 bits per heavy atom. The van der Waals surface area contributed by atoms with Gasteiger partial charge in [-0.2, -0.15) is 5.43 Å². The van der Waals surface area contributed by atoms with Crippen molar-refractivity contribution in [2.24, 2.45) is 0 Å². The van der Waals surface area contributed by atoms with Crippen LogP contribution in [0.5, 0.6) is 0 Å². The van der Waals surface area contributed by atoms with Crippen LogP contribution in [0.2, 0.25) is 0 Å². The van der Waals surface area contributed by atoms with Crippen LogP contribution in [0.15, 0.2) is 24.3 Å². The van der Waals surface area contributed by atoms with E-state index in [2.05, 4.69) is 15.6 Å². The third-order valence-corrected chi connectivity index (χ3v) is 4.21. The van der Waals surface area contributed by atoms with Crippen LogP contribution in [-0.2, 0) is 4.79 Å². The molecule has 2 fully saturated rings. The molecule has 2 saturated heterocycles. The number of nitrogens with zero attached hydrogens (tertiary/aromatic N) is 3. The summed E-state index contributed by atoms with van der Waals surface area (Å²) in [6, 6.07) is 6.14. The quantitative estimate of drug-likeness (QED) is 0.675. The minimum atomic E-state index is -1.42. The molecular formula is C15H20FN5O3. The van der Waals surface area contributed by atoms with Gasteiger partial charge in [0.15, 0.2) is 0 Å². The van der Waals surface area contributed by atoms with Crippen LogP contribution < -0.4 is 15.6 Å². The molecular weight excluding hydrogens is 317 g/mol. The summed E-state index contributed by atoms with van der Waals surface area (Å²) in [7, 11) is 0. The third-order valence-electron chi connectivity index (χ3n) is 4.21. The zero-order valence-corrected chi connectivity index (χ0v) is 13.1. The predicted molar refractivity (Wildman–Crippen MR) is 84.4 cm³/mol. The number of nitrogens with one attached hydrogen (secondary N) is 2. The van der Waals surface area contributed by atoms with Crippen LogP contribution in [-0.4, -0.2) is 72.5 Å². The molecule has 0 saturated carbocycles. The Balaban J connectivity index is 1.47. The number of anilines is 1. The van der Waals surface area contributed by atoms with E-state index in [4.69, 9.17) is 0 Å². The number of piperazine rings is 1. The van der Waals surface area contributed by atoms with Gasteiger partial charge in [-0.3, -0.25) is 20.0 Å². The zero-order chi connectivity index (χ0) is 17.1. The molecule has 2 aliphatic rings. The van der Waals surface area contributed by atoms with Crippen LogP contribution in [0, 0.1) is 5.82 Å². The Morgan fingerprint density at radius 1 is 1.12 bits per heavy atom. The number of aliphatic hydroxyl groups is 1. The number of hydrogen-bond donors (Lipinski definition) is 3. The number of urea groups is 1. The lowest BCUT2D eigenvalue weighted by Gasteiger charge is -2.37. The summed E-state index contributed by atoms with van der Waals surface area (Å²) in [5, 5.41) is 12.7. The van der Waals surface area contributed by atoms with Gasteiger partial charge in [0.1, 0.15) is 5.82 Å². The van der Waals surface area contributed by atoms with Gasteiger partial charge in [-0.25, -0.2) is 9.18 Å². The molecule has 1 atom stereocenters. The normalized spacial score (nSPS) is 22.7. The van der Waals surface area contributed by atoms with Gasteiger partial charge in [0.05, 0.1) is 12.2 Å². The molecule has 0 aromatic heterocycles. The maximum Gasteiger partial charge on any atom is 0.338 e. The Kier molecular flexibility index (Phi) is 4.93. The van der Waals surface area contributed by atoms with Gasteiger partial charge in [-0.05, 0) is 12.1 Å². The molecule has 3 rings (SSSR count). The van der Waals surface area contributed by atoms with Crippen LogP contribution in [0.4, 0.5) is 14.9 Å². The minimum absolute atomic E-state index is 0.223. The maximum absolute atomic E-state index is 13.8. The number of hydrazine groups is 1. The van der Waals surface area contributed by atoms with Crippen molar-refractivity contribution in [1.29, 1.82) is 0 Å². The highest BCUT2D eigenvalue weighted by atomic mass is 19.1. The third kappa shape index (κ3) is 3.64. The molecule has 24 heavy (non-hydrogen) atoms. The monoisotopic (exact) mass is 337 g/mol. The zero-order valence-electron chi connectivity index (χ0n) is 13.1. The van der Waals surface area contributed by atoms with Gasteiger partial charge in [0.25, 0.3) is 5.91 Å². The molecule has 130 valence electrons. The summed E-state index contributed by atoms with van der Waals surface area (Å²) in [5.41, 5.74) is 3.05. The standard InChI is InChI=1S/C15H20FN5O3/c16-11-3-1-2-4-12(11)20-8-5-19(6-9-20)7-10-21-15(24)17-13(22)14(23)18-21/h1-4,14,18,23H,5-10H2,(H,17,22,24). The highest BCUT2D eigenvalue weighted by Crippen LogP contribution is 2.20. The lowest BCUT2D eigenvalue weighted by molar-refractivity contribution is -0.135. The van der Waals surface area contributed by atoms with Gasteiger partial charge in [0, 0.05) is 32.7 Å². The topological polar surface area (TPSA) is 88.2 Å². The SMILES string of the molecule is O=C1NC(=O)N(CCN2CCN(c3ccccc3F)CC2)NC1O. The Hall–Kier alpha value is -2.23. The van der Waals surface area contributed by atoms with Crippen molar-refractivity contribution in [1.82, 2.24) is 20.7 Å². The summed E-state index contributed by atoms with van der Waals surface area (Å²) in [6.07, 6.45) is -1.42. The Labute approximate surface area is 138 Å². The maximum atomic E-state index is 13.8. The molecule has 8 nitrogen and oxygen atoms in total. The van der Waals surface area contributed by atoms with E-state index in [0.717, 1.165) is 13.1 Å². The van der Waals surface area contributed by atoms with E-state index in [1.807, 2.05) is 11.0 Å². The number of imide groups is 1. The average molecular weight is 337 g/mol. The fourth-order valence-corrected chi connectivity index (χ4v) is 2.83. The lowest BCUT2D eigenvalue weighted by atomic mass is 10.2. The second kappa shape index (κ2) is 7.12. The van der Waals surface area contributed by atoms with E-state index in [1.165, 1.54) is 11.1 Å². The molecule has 2 heterocycles. The van der Waals surface area contributed by atoms with Gasteiger partial charge < -0.3 is 10.0 Å². The van der Waals surface area contributed by atoms with E-state index < -0.39 is 18.2 Å². The van der Waals surface area contributed by atoms with E-state index in [-0.39, 0.29) is 5.82 Å². The van der Waals surface area contributed by atoms with E-state index in [9.17, 15) is 19.1 Å². The second-order valence-corrected chi connectivity index (χ2v) is 5.76. The molecule has 3 N–H and O–H groups in total. The van der Waals surface area contributed by atoms with Crippen molar-refractivity contribution < 1.29 is 19.1 Å². The van der Waals surface area contributed by atoms with Crippen molar-refractivity contribution in [3.05, 3.63) is 30.1 Å². The van der Waals surface area contributed by atoms with E-state index in [1.54, 1.807) is 12.1 Å². The average Bonchev–Trinajstić information content (AvgIpc) is 2.58. The van der Waals surface area contributed by atoms with Crippen LogP contribution in [0.25, 0.3) is 0 Å². The smallest absolute Gasteiger partial charge is 0.338 e. The molecule has 0 bridgehead atoms. The highest BCUT2D eigenvalue weighted by Gasteiger charge is 2.30. The number of carbonyl (C=O) groups is 2. The number of carbonyl (C=O) groups excluding carboxylic acids is 2.